The minimum atomic E-state index is -2.42. The fourth-order valence-corrected chi connectivity index (χ4v) is 3.85. The summed E-state index contributed by atoms with van der Waals surface area (Å²) in [5.74, 6) is -0.176. The number of hydrogen-bond donors (Lipinski definition) is 2. The van der Waals surface area contributed by atoms with Gasteiger partial charge in [0.2, 0.25) is 5.95 Å². The number of pyridine rings is 1. The van der Waals surface area contributed by atoms with Gasteiger partial charge < -0.3 is 15.2 Å². The molecule has 2 aromatic carbocycles. The van der Waals surface area contributed by atoms with Crippen LogP contribution in [0.5, 0.6) is 0 Å². The van der Waals surface area contributed by atoms with Crippen LogP contribution in [0.2, 0.25) is 0 Å². The van der Waals surface area contributed by atoms with Crippen molar-refractivity contribution in [3.63, 3.8) is 0 Å². The van der Waals surface area contributed by atoms with Gasteiger partial charge in [0, 0.05) is 63.3 Å². The molecule has 3 heterocycles. The van der Waals surface area contributed by atoms with Crippen LogP contribution in [0.15, 0.2) is 91.6 Å². The van der Waals surface area contributed by atoms with Crippen LogP contribution < -0.4 is 10.6 Å². The molecule has 5 rings (SSSR count). The van der Waals surface area contributed by atoms with E-state index in [2.05, 4.69) is 25.6 Å². The highest BCUT2D eigenvalue weighted by Gasteiger charge is 2.12. The number of anilines is 3. The van der Waals surface area contributed by atoms with Gasteiger partial charge in [-0.1, -0.05) is 6.07 Å². The largest absolute Gasteiger partial charge is 0.324 e. The van der Waals surface area contributed by atoms with Crippen LogP contribution in [0, 0.1) is 20.7 Å². The number of nitrogens with zero attached hydrogens (tertiary/aromatic N) is 4. The van der Waals surface area contributed by atoms with E-state index in [4.69, 9.17) is 4.11 Å². The number of carbonyl (C=O) groups excluding carboxylic acids is 1. The summed E-state index contributed by atoms with van der Waals surface area (Å²) >= 11 is 0. The molecule has 0 saturated carbocycles. The van der Waals surface area contributed by atoms with E-state index in [1.54, 1.807) is 30.7 Å². The molecule has 0 aliphatic heterocycles. The first-order valence-corrected chi connectivity index (χ1v) is 11.4. The molecule has 178 valence electrons. The Morgan fingerprint density at radius 2 is 1.92 bits per heavy atom. The smallest absolute Gasteiger partial charge is 0.255 e. The Morgan fingerprint density at radius 1 is 1.00 bits per heavy atom. The lowest BCUT2D eigenvalue weighted by molar-refractivity contribution is 0.102. The molecule has 2 N–H and O–H groups in total. The third-order valence-electron chi connectivity index (χ3n) is 5.60. The summed E-state index contributed by atoms with van der Waals surface area (Å²) in [6.45, 7) is 1.56. The summed E-state index contributed by atoms with van der Waals surface area (Å²) in [6, 6.07) is 17.6. The van der Waals surface area contributed by atoms with Crippen molar-refractivity contribution in [2.45, 2.75) is 20.7 Å². The second kappa shape index (κ2) is 9.84. The summed E-state index contributed by atoms with van der Waals surface area (Å²) in [6.07, 6.45) is 8.90. The second-order valence-electron chi connectivity index (χ2n) is 8.50. The second-order valence-corrected chi connectivity index (χ2v) is 8.50. The van der Waals surface area contributed by atoms with Crippen molar-refractivity contribution < 1.29 is 8.91 Å². The lowest BCUT2D eigenvalue weighted by atomic mass is 10.1. The van der Waals surface area contributed by atoms with Crippen molar-refractivity contribution in [1.29, 1.82) is 0 Å². The summed E-state index contributed by atoms with van der Waals surface area (Å²) < 4.78 is 25.9. The molecule has 7 nitrogen and oxygen atoms in total. The maximum atomic E-state index is 13.3. The molecule has 7 heteroatoms. The van der Waals surface area contributed by atoms with Crippen molar-refractivity contribution >= 4 is 23.2 Å². The van der Waals surface area contributed by atoms with Crippen LogP contribution in [0.1, 0.15) is 31.2 Å². The van der Waals surface area contributed by atoms with Crippen LogP contribution in [0.3, 0.4) is 0 Å². The molecule has 0 unspecified atom stereocenters. The van der Waals surface area contributed by atoms with Gasteiger partial charge in [0.15, 0.2) is 0 Å². The minimum Gasteiger partial charge on any atom is -0.324 e. The van der Waals surface area contributed by atoms with Crippen LogP contribution in [0.25, 0.3) is 16.9 Å². The maximum Gasteiger partial charge on any atom is 0.255 e. The standard InChI is InChI=1S/C29H26N6O/c1-19-9-12-35(18-19)25-14-20(2)13-24(16-25)32-28(36)22-7-6-21(3)27(15-22)34-29-31-11-8-26(33-29)23-5-4-10-30-17-23/h4-18H,1-3H3,(H,32,36)(H,31,33,34)/i3D3. The van der Waals surface area contributed by atoms with Crippen molar-refractivity contribution in [2.75, 3.05) is 10.6 Å². The van der Waals surface area contributed by atoms with Gasteiger partial charge in [-0.05, 0) is 92.0 Å². The molecule has 0 atom stereocenters. The first kappa shape index (κ1) is 19.5. The predicted molar refractivity (Wildman–Crippen MR) is 143 cm³/mol. The number of aryl methyl sites for hydroxylation is 3. The number of aromatic nitrogens is 4. The molecular weight excluding hydrogens is 448 g/mol. The fraction of sp³-hybridized carbons (Fsp3) is 0.103. The molecular formula is C29H26N6O. The zero-order chi connectivity index (χ0) is 27.6. The molecule has 0 aliphatic rings. The third-order valence-corrected chi connectivity index (χ3v) is 5.60. The number of carbonyl (C=O) groups is 1. The average molecular weight is 478 g/mol. The van der Waals surface area contributed by atoms with Crippen LogP contribution in [-0.2, 0) is 0 Å². The maximum absolute atomic E-state index is 13.3. The summed E-state index contributed by atoms with van der Waals surface area (Å²) in [5, 5.41) is 5.94. The van der Waals surface area contributed by atoms with E-state index >= 15 is 0 Å². The molecule has 0 aliphatic carbocycles. The third kappa shape index (κ3) is 5.15. The minimum absolute atomic E-state index is 0.0512. The number of benzene rings is 2. The SMILES string of the molecule is [2H]C([2H])([2H])c1ccc(C(=O)Nc2cc(C)cc(-n3ccc(C)c3)c2)cc1Nc1nccc(-c2cccnc2)n1. The van der Waals surface area contributed by atoms with Gasteiger partial charge in [-0.2, -0.15) is 0 Å². The first-order valence-electron chi connectivity index (χ1n) is 12.9. The van der Waals surface area contributed by atoms with Gasteiger partial charge >= 0.3 is 0 Å². The lowest BCUT2D eigenvalue weighted by Crippen LogP contribution is -2.13. The van der Waals surface area contributed by atoms with E-state index in [1.165, 1.54) is 18.2 Å². The Bertz CT molecular complexity index is 1650. The van der Waals surface area contributed by atoms with Gasteiger partial charge in [0.25, 0.3) is 5.91 Å². The number of amides is 1. The Hall–Kier alpha value is -4.78. The molecule has 0 spiro atoms. The monoisotopic (exact) mass is 477 g/mol. The number of rotatable bonds is 6. The Balaban J connectivity index is 1.44. The Kier molecular flexibility index (Phi) is 5.33. The normalized spacial score (nSPS) is 12.3. The van der Waals surface area contributed by atoms with Crippen LogP contribution in [-0.4, -0.2) is 25.4 Å². The molecule has 0 radical (unpaired) electrons. The fourth-order valence-electron chi connectivity index (χ4n) is 3.85. The topological polar surface area (TPSA) is 84.7 Å². The molecule has 5 aromatic rings. The van der Waals surface area contributed by atoms with E-state index < -0.39 is 6.85 Å². The first-order chi connectivity index (χ1) is 18.7. The summed E-state index contributed by atoms with van der Waals surface area (Å²) in [7, 11) is 0. The highest BCUT2D eigenvalue weighted by atomic mass is 16.1. The molecule has 36 heavy (non-hydrogen) atoms. The van der Waals surface area contributed by atoms with Gasteiger partial charge in [0.1, 0.15) is 0 Å². The van der Waals surface area contributed by atoms with Gasteiger partial charge in [0.05, 0.1) is 5.69 Å². The van der Waals surface area contributed by atoms with Crippen molar-refractivity contribution in [1.82, 2.24) is 19.5 Å². The molecule has 3 aromatic heterocycles. The van der Waals surface area contributed by atoms with Crippen molar-refractivity contribution in [3.05, 3.63) is 114 Å². The van der Waals surface area contributed by atoms with Gasteiger partial charge in [-0.3, -0.25) is 9.78 Å². The molecule has 0 saturated heterocycles. The lowest BCUT2D eigenvalue weighted by Gasteiger charge is -2.13. The van der Waals surface area contributed by atoms with Crippen molar-refractivity contribution in [2.24, 2.45) is 0 Å². The van der Waals surface area contributed by atoms with Crippen molar-refractivity contribution in [3.8, 4) is 16.9 Å². The van der Waals surface area contributed by atoms with Crippen LogP contribution >= 0.6 is 0 Å². The Morgan fingerprint density at radius 3 is 2.69 bits per heavy atom. The average Bonchev–Trinajstić information content (AvgIpc) is 3.35. The van der Waals surface area contributed by atoms with Crippen LogP contribution in [0.4, 0.5) is 17.3 Å². The Labute approximate surface area is 214 Å². The van der Waals surface area contributed by atoms with E-state index in [9.17, 15) is 4.79 Å². The summed E-state index contributed by atoms with van der Waals surface area (Å²) in [5.41, 5.74) is 5.64. The van der Waals surface area contributed by atoms with E-state index in [-0.39, 0.29) is 28.7 Å². The molecule has 0 bridgehead atoms. The van der Waals surface area contributed by atoms with E-state index in [1.807, 2.05) is 61.1 Å². The predicted octanol–water partition coefficient (Wildman–Crippen LogP) is 6.25. The van der Waals surface area contributed by atoms with Gasteiger partial charge in [-0.15, -0.1) is 0 Å². The summed E-state index contributed by atoms with van der Waals surface area (Å²) in [4.78, 5) is 26.1. The quantitative estimate of drug-likeness (QED) is 0.302. The number of hydrogen-bond acceptors (Lipinski definition) is 5. The van der Waals surface area contributed by atoms with Gasteiger partial charge in [-0.25, -0.2) is 9.97 Å². The van der Waals surface area contributed by atoms with E-state index in [0.717, 1.165) is 22.4 Å². The number of nitrogens with one attached hydrogen (secondary N) is 2. The highest BCUT2D eigenvalue weighted by molar-refractivity contribution is 6.05. The zero-order valence-corrected chi connectivity index (χ0v) is 19.9. The highest BCUT2D eigenvalue weighted by Crippen LogP contribution is 2.24. The zero-order valence-electron chi connectivity index (χ0n) is 22.9. The van der Waals surface area contributed by atoms with E-state index in [0.29, 0.717) is 11.4 Å². The molecule has 1 amide bonds. The molecule has 0 fully saturated rings.